The van der Waals surface area contributed by atoms with E-state index in [0.29, 0.717) is 108 Å². The first-order chi connectivity index (χ1) is 36.3. The van der Waals surface area contributed by atoms with Crippen molar-refractivity contribution >= 4 is 58.6 Å². The molecule has 2 rings (SSSR count). The minimum Gasteiger partial charge on any atom is -0.475 e. The normalized spacial score (nSPS) is 13.1. The van der Waals surface area contributed by atoms with E-state index in [9.17, 15) is 19.2 Å². The molecule has 0 saturated carbocycles. The molecule has 3 atom stereocenters. The number of urea groups is 1. The number of thioether (sulfide) groups is 2. The number of benzene rings is 1. The second-order valence-corrected chi connectivity index (χ2v) is 25.9. The van der Waals surface area contributed by atoms with Gasteiger partial charge in [-0.2, -0.15) is 0 Å². The number of carbonyl (C=O) groups is 4. The smallest absolute Gasteiger partial charge is 0.312 e. The van der Waals surface area contributed by atoms with Crippen LogP contribution in [0.15, 0.2) is 48.1 Å². The summed E-state index contributed by atoms with van der Waals surface area (Å²) < 4.78 is 35.5. The highest BCUT2D eigenvalue weighted by Crippen LogP contribution is 2.28. The van der Waals surface area contributed by atoms with Crippen LogP contribution >= 0.6 is 23.5 Å². The number of Topliss-reactive ketones (excluding diaryl/α,β-unsaturated/α-hetero) is 1. The Morgan fingerprint density at radius 2 is 1.34 bits per heavy atom. The molecular weight excluding hydrogens is 1030 g/mol. The summed E-state index contributed by atoms with van der Waals surface area (Å²) in [5.74, 6) is -0.483. The van der Waals surface area contributed by atoms with Crippen molar-refractivity contribution in [2.75, 3.05) is 96.0 Å². The molecule has 0 aliphatic carbocycles. The lowest BCUT2D eigenvalue weighted by molar-refractivity contribution is -0.133. The van der Waals surface area contributed by atoms with Crippen LogP contribution in [-0.2, 0) is 67.3 Å². The van der Waals surface area contributed by atoms with Gasteiger partial charge in [0, 0.05) is 52.2 Å². The number of rotatable bonds is 42. The van der Waals surface area contributed by atoms with Gasteiger partial charge in [0.15, 0.2) is 18.3 Å². The predicted molar refractivity (Wildman–Crippen MR) is 308 cm³/mol. The van der Waals surface area contributed by atoms with Gasteiger partial charge < -0.3 is 60.3 Å². The molecule has 1 aromatic carbocycles. The number of hydrogen-bond donors (Lipinski definition) is 5. The molecule has 1 unspecified atom stereocenters. The zero-order valence-electron chi connectivity index (χ0n) is 48.4. The molecule has 0 radical (unpaired) electrons. The highest BCUT2D eigenvalue weighted by molar-refractivity contribution is 8.02. The molecule has 1 aromatic heterocycles. The van der Waals surface area contributed by atoms with Gasteiger partial charge in [-0.1, -0.05) is 106 Å². The Bertz CT molecular complexity index is 2020. The Labute approximate surface area is 468 Å². The third-order valence-electron chi connectivity index (χ3n) is 11.5. The molecule has 0 spiro atoms. The van der Waals surface area contributed by atoms with E-state index in [1.54, 1.807) is 40.3 Å². The Morgan fingerprint density at radius 1 is 0.779 bits per heavy atom. The van der Waals surface area contributed by atoms with Gasteiger partial charge in [0.2, 0.25) is 5.91 Å². The van der Waals surface area contributed by atoms with E-state index in [1.165, 1.54) is 0 Å². The number of nitrogens with zero attached hydrogens (tertiary/aromatic N) is 4. The molecule has 0 saturated heterocycles. The Hall–Kier alpha value is -4.45. The van der Waals surface area contributed by atoms with Crippen LogP contribution in [0.4, 0.5) is 10.5 Å². The molecule has 0 bridgehead atoms. The van der Waals surface area contributed by atoms with Crippen molar-refractivity contribution in [3.8, 4) is 0 Å². The molecule has 0 aliphatic rings. The van der Waals surface area contributed by atoms with Gasteiger partial charge in [-0.05, 0) is 60.8 Å². The van der Waals surface area contributed by atoms with Crippen molar-refractivity contribution in [3.63, 3.8) is 0 Å². The van der Waals surface area contributed by atoms with E-state index in [1.807, 2.05) is 39.1 Å². The summed E-state index contributed by atoms with van der Waals surface area (Å²) in [6.07, 6.45) is 3.37. The van der Waals surface area contributed by atoms with Crippen LogP contribution in [-0.4, -0.2) is 151 Å². The minimum atomic E-state index is -0.879. The van der Waals surface area contributed by atoms with Crippen molar-refractivity contribution in [2.24, 2.45) is 34.1 Å². The fourth-order valence-corrected chi connectivity index (χ4v) is 8.26. The van der Waals surface area contributed by atoms with Crippen LogP contribution in [0.2, 0.25) is 0 Å². The van der Waals surface area contributed by atoms with Crippen LogP contribution in [0.1, 0.15) is 120 Å². The molecule has 20 nitrogen and oxygen atoms in total. The fourth-order valence-electron chi connectivity index (χ4n) is 6.62. The second-order valence-electron chi connectivity index (χ2n) is 22.3. The zero-order chi connectivity index (χ0) is 57.3. The summed E-state index contributed by atoms with van der Waals surface area (Å²) in [6, 6.07) is 5.57. The maximum absolute atomic E-state index is 14.1. The Balaban J connectivity index is 1.81. The predicted octanol–water partition coefficient (Wildman–Crippen LogP) is 7.75. The number of primary amides is 1. The lowest BCUT2D eigenvalue weighted by atomic mass is 9.84. The first-order valence-corrected chi connectivity index (χ1v) is 28.8. The van der Waals surface area contributed by atoms with Crippen LogP contribution in [0.25, 0.3) is 0 Å². The fraction of sp³-hybridized carbons (Fsp3) is 0.727. The number of hydrogen-bond acceptors (Lipinski definition) is 17. The van der Waals surface area contributed by atoms with Crippen LogP contribution in [0.5, 0.6) is 0 Å². The lowest BCUT2D eigenvalue weighted by Gasteiger charge is -2.28. The van der Waals surface area contributed by atoms with Gasteiger partial charge in [-0.3, -0.25) is 14.4 Å². The van der Waals surface area contributed by atoms with Gasteiger partial charge in [0.25, 0.3) is 5.91 Å². The highest BCUT2D eigenvalue weighted by Gasteiger charge is 2.32. The maximum atomic E-state index is 14.1. The average molecular weight is 1120 g/mol. The number of anilines is 1. The van der Waals surface area contributed by atoms with Crippen molar-refractivity contribution in [2.45, 2.75) is 144 Å². The lowest BCUT2D eigenvalue weighted by Crippen LogP contribution is -2.48. The van der Waals surface area contributed by atoms with E-state index in [-0.39, 0.29) is 71.0 Å². The molecule has 77 heavy (non-hydrogen) atoms. The summed E-state index contributed by atoms with van der Waals surface area (Å²) in [6.45, 7) is 35.4. The molecule has 438 valence electrons. The van der Waals surface area contributed by atoms with Gasteiger partial charge >= 0.3 is 6.03 Å². The number of oxime groups is 1. The van der Waals surface area contributed by atoms with Gasteiger partial charge in [0.1, 0.15) is 12.3 Å². The van der Waals surface area contributed by atoms with Crippen molar-refractivity contribution in [3.05, 3.63) is 54.2 Å². The summed E-state index contributed by atoms with van der Waals surface area (Å²) in [4.78, 5) is 58.3. The number of nitrogens with two attached hydrogens (primary N) is 1. The molecular formula is C55H95N9O11S2. The summed E-state index contributed by atoms with van der Waals surface area (Å²) in [5.41, 5.74) is 8.42. The quantitative estimate of drug-likeness (QED) is 0.0184. The van der Waals surface area contributed by atoms with Gasteiger partial charge in [-0.25, -0.2) is 9.48 Å². The van der Waals surface area contributed by atoms with Crippen LogP contribution < -0.4 is 27.0 Å². The maximum Gasteiger partial charge on any atom is 0.312 e. The van der Waals surface area contributed by atoms with Crippen molar-refractivity contribution < 1.29 is 52.4 Å². The first kappa shape index (κ1) is 68.7. The average Bonchev–Trinajstić information content (AvgIpc) is 3.81. The van der Waals surface area contributed by atoms with Gasteiger partial charge in [0.05, 0.1) is 90.5 Å². The van der Waals surface area contributed by atoms with E-state index in [2.05, 4.69) is 106 Å². The van der Waals surface area contributed by atoms with E-state index >= 15 is 0 Å². The van der Waals surface area contributed by atoms with E-state index in [0.717, 1.165) is 24.3 Å². The highest BCUT2D eigenvalue weighted by atomic mass is 32.2. The van der Waals surface area contributed by atoms with Crippen LogP contribution in [0.3, 0.4) is 0 Å². The standard InChI is InChI=1S/C55H95N9O11S2/c1-40(2)41(3)50(60-49(66)37-75-62-47(38-76-54(8,9)10)39-77-55(11,12)13)48(65)33-44(15-14-21-57-52(56)68)51(67)59-45-18-16-43(17-19-45)36-74-42(4)58-34-46-35-64(63-61-46)22-24-70-26-28-72-30-32-73-31-29-71-27-25-69-23-20-53(5,6)7/h16-19,35,40-41,44,50,58H,4,14-15,20-34,36-39H2,1-3,5-13H3,(H,59,67)(H,60,66)(H3,56,57,68)/t41?,44-,50+/m1/s1. The van der Waals surface area contributed by atoms with Crippen molar-refractivity contribution in [1.29, 1.82) is 0 Å². The summed E-state index contributed by atoms with van der Waals surface area (Å²) in [5, 5.41) is 24.2. The van der Waals surface area contributed by atoms with E-state index < -0.39 is 23.9 Å². The molecule has 2 aromatic rings. The molecule has 6 N–H and O–H groups in total. The van der Waals surface area contributed by atoms with Crippen LogP contribution in [0, 0.1) is 23.2 Å². The third-order valence-corrected chi connectivity index (χ3v) is 14.1. The Morgan fingerprint density at radius 3 is 1.87 bits per heavy atom. The number of ketones is 1. The third kappa shape index (κ3) is 35.6. The van der Waals surface area contributed by atoms with Crippen molar-refractivity contribution in [1.82, 2.24) is 30.9 Å². The first-order valence-electron chi connectivity index (χ1n) is 26.8. The number of carbonyl (C=O) groups excluding carboxylic acids is 4. The Kier molecular flexibility index (Phi) is 33.4. The monoisotopic (exact) mass is 1120 g/mol. The van der Waals surface area contributed by atoms with Gasteiger partial charge in [-0.15, -0.1) is 28.6 Å². The number of aromatic nitrogens is 3. The zero-order valence-corrected chi connectivity index (χ0v) is 50.1. The SMILES string of the molecule is C=C(NCc1cn(CCOCCOCCOCCOCCOCCC(C)(C)C)nn1)OCc1ccc(NC(=O)[C@H](CCCNC(N)=O)CC(=O)[C@@H](NC(=O)CON=C(CSC(C)(C)C)CSC(C)(C)C)C(C)C(C)C)cc1. The number of nitrogens with one attached hydrogen (secondary N) is 4. The second kappa shape index (κ2) is 37.4. The molecule has 0 aliphatic heterocycles. The number of ether oxygens (including phenoxy) is 6. The minimum absolute atomic E-state index is 0.0227. The molecule has 1 heterocycles. The van der Waals surface area contributed by atoms with E-state index in [4.69, 9.17) is 39.0 Å². The molecule has 0 fully saturated rings. The summed E-state index contributed by atoms with van der Waals surface area (Å²) >= 11 is 3.50. The molecule has 22 heteroatoms. The molecule has 4 amide bonds. The number of amides is 4. The largest absolute Gasteiger partial charge is 0.475 e. The topological polar surface area (TPSA) is 250 Å². The summed E-state index contributed by atoms with van der Waals surface area (Å²) in [7, 11) is 0.